The molecule has 0 bridgehead atoms. The summed E-state index contributed by atoms with van der Waals surface area (Å²) in [5.74, 6) is 0. The first-order valence-corrected chi connectivity index (χ1v) is 5.29. The van der Waals surface area contributed by atoms with Crippen LogP contribution in [0.25, 0.3) is 0 Å². The van der Waals surface area contributed by atoms with Crippen LogP contribution in [0, 0.1) is 0 Å². The highest BCUT2D eigenvalue weighted by molar-refractivity contribution is 5.18. The fourth-order valence-corrected chi connectivity index (χ4v) is 1.99. The monoisotopic (exact) mass is 191 g/mol. The van der Waals surface area contributed by atoms with Gasteiger partial charge < -0.3 is 0 Å². The van der Waals surface area contributed by atoms with E-state index in [1.54, 1.807) is 0 Å². The van der Waals surface area contributed by atoms with Crippen LogP contribution >= 0.6 is 0 Å². The Morgan fingerprint density at radius 3 is 2.64 bits per heavy atom. The smallest absolute Gasteiger partial charge is 0.106 e. The summed E-state index contributed by atoms with van der Waals surface area (Å²) in [6.07, 6.45) is 1.35. The Bertz CT molecular complexity index is 286. The first-order valence-electron chi connectivity index (χ1n) is 5.29. The third kappa shape index (κ3) is 1.81. The quantitative estimate of drug-likeness (QED) is 0.712. The predicted octanol–water partition coefficient (Wildman–Crippen LogP) is 2.77. The molecule has 1 heterocycles. The number of hydrogen-bond donors (Lipinski definition) is 0. The normalized spacial score (nSPS) is 28.1. The van der Waals surface area contributed by atoms with Gasteiger partial charge in [-0.1, -0.05) is 37.3 Å². The molecule has 2 rings (SSSR count). The molecule has 0 amide bonds. The molecule has 14 heavy (non-hydrogen) atoms. The molecule has 1 aliphatic rings. The van der Waals surface area contributed by atoms with E-state index in [1.165, 1.54) is 5.56 Å². The summed E-state index contributed by atoms with van der Waals surface area (Å²) in [5.41, 5.74) is 1.29. The van der Waals surface area contributed by atoms with Crippen molar-refractivity contribution in [3.8, 4) is 0 Å². The molecule has 0 spiro atoms. The Morgan fingerprint density at radius 2 is 2.07 bits per heavy atom. The minimum atomic E-state index is 0.256. The van der Waals surface area contributed by atoms with Crippen LogP contribution in [0.2, 0.25) is 0 Å². The predicted molar refractivity (Wildman–Crippen MR) is 56.7 cm³/mol. The van der Waals surface area contributed by atoms with Crippen molar-refractivity contribution < 1.29 is 4.84 Å². The molecular formula is C12H17NO. The molecule has 0 aromatic heterocycles. The van der Waals surface area contributed by atoms with E-state index in [2.05, 4.69) is 43.2 Å². The molecule has 1 aromatic carbocycles. The fraction of sp³-hybridized carbons (Fsp3) is 0.500. The Labute approximate surface area is 85.4 Å². The maximum atomic E-state index is 5.84. The van der Waals surface area contributed by atoms with Gasteiger partial charge in [-0.2, -0.15) is 5.06 Å². The Hall–Kier alpha value is -0.860. The molecule has 1 fully saturated rings. The van der Waals surface area contributed by atoms with Gasteiger partial charge in [-0.25, -0.2) is 0 Å². The van der Waals surface area contributed by atoms with Crippen molar-refractivity contribution in [2.24, 2.45) is 0 Å². The van der Waals surface area contributed by atoms with Crippen molar-refractivity contribution in [2.45, 2.75) is 32.4 Å². The van der Waals surface area contributed by atoms with Crippen molar-refractivity contribution in [1.29, 1.82) is 0 Å². The average molecular weight is 191 g/mol. The second kappa shape index (κ2) is 4.11. The Morgan fingerprint density at radius 1 is 1.36 bits per heavy atom. The van der Waals surface area contributed by atoms with Crippen LogP contribution in [0.5, 0.6) is 0 Å². The van der Waals surface area contributed by atoms with Gasteiger partial charge in [0, 0.05) is 12.6 Å². The van der Waals surface area contributed by atoms with E-state index in [0.717, 1.165) is 13.0 Å². The molecule has 0 aliphatic carbocycles. The van der Waals surface area contributed by atoms with Crippen LogP contribution in [-0.4, -0.2) is 17.6 Å². The summed E-state index contributed by atoms with van der Waals surface area (Å²) in [6.45, 7) is 5.31. The van der Waals surface area contributed by atoms with Crippen molar-refractivity contribution in [3.63, 3.8) is 0 Å². The standard InChI is InChI=1S/C12H17NO/c1-3-13-10(2)9-12(14-13)11-7-5-4-6-8-11/h4-8,10,12H,3,9H2,1-2H3/t10-,12+/m1/s1. The molecule has 1 aliphatic heterocycles. The van der Waals surface area contributed by atoms with Gasteiger partial charge in [0.1, 0.15) is 6.10 Å². The van der Waals surface area contributed by atoms with Gasteiger partial charge in [0.25, 0.3) is 0 Å². The van der Waals surface area contributed by atoms with E-state index < -0.39 is 0 Å². The van der Waals surface area contributed by atoms with Crippen LogP contribution in [0.15, 0.2) is 30.3 Å². The summed E-state index contributed by atoms with van der Waals surface area (Å²) in [7, 11) is 0. The number of nitrogens with zero attached hydrogens (tertiary/aromatic N) is 1. The topological polar surface area (TPSA) is 12.5 Å². The minimum absolute atomic E-state index is 0.256. The average Bonchev–Trinajstić information content (AvgIpc) is 2.61. The molecule has 0 radical (unpaired) electrons. The fourth-order valence-electron chi connectivity index (χ4n) is 1.99. The summed E-state index contributed by atoms with van der Waals surface area (Å²) in [5, 5.41) is 2.07. The molecular weight excluding hydrogens is 174 g/mol. The number of hydrogen-bond acceptors (Lipinski definition) is 2. The number of rotatable bonds is 2. The van der Waals surface area contributed by atoms with E-state index in [9.17, 15) is 0 Å². The van der Waals surface area contributed by atoms with Crippen molar-refractivity contribution >= 4 is 0 Å². The lowest BCUT2D eigenvalue weighted by molar-refractivity contribution is -0.158. The summed E-state index contributed by atoms with van der Waals surface area (Å²) in [4.78, 5) is 5.84. The van der Waals surface area contributed by atoms with Gasteiger partial charge in [-0.15, -0.1) is 0 Å². The van der Waals surface area contributed by atoms with Crippen LogP contribution < -0.4 is 0 Å². The van der Waals surface area contributed by atoms with Gasteiger partial charge in [-0.3, -0.25) is 4.84 Å². The SMILES string of the molecule is CCN1O[C@H](c2ccccc2)C[C@H]1C. The highest BCUT2D eigenvalue weighted by Gasteiger charge is 2.29. The van der Waals surface area contributed by atoms with E-state index in [4.69, 9.17) is 4.84 Å². The first-order chi connectivity index (χ1) is 6.81. The third-order valence-corrected chi connectivity index (χ3v) is 2.79. The molecule has 0 unspecified atom stereocenters. The Balaban J connectivity index is 2.09. The second-order valence-electron chi connectivity index (χ2n) is 3.82. The van der Waals surface area contributed by atoms with Gasteiger partial charge >= 0.3 is 0 Å². The maximum absolute atomic E-state index is 5.84. The van der Waals surface area contributed by atoms with Crippen LogP contribution in [0.1, 0.15) is 31.9 Å². The van der Waals surface area contributed by atoms with Crippen LogP contribution in [0.4, 0.5) is 0 Å². The van der Waals surface area contributed by atoms with Crippen LogP contribution in [0.3, 0.4) is 0 Å². The van der Waals surface area contributed by atoms with E-state index in [-0.39, 0.29) is 6.10 Å². The molecule has 2 nitrogen and oxygen atoms in total. The zero-order valence-corrected chi connectivity index (χ0v) is 8.81. The van der Waals surface area contributed by atoms with Crippen molar-refractivity contribution in [2.75, 3.05) is 6.54 Å². The zero-order chi connectivity index (χ0) is 9.97. The largest absolute Gasteiger partial charge is 0.291 e. The van der Waals surface area contributed by atoms with E-state index in [1.807, 2.05) is 6.07 Å². The van der Waals surface area contributed by atoms with Gasteiger partial charge in [0.15, 0.2) is 0 Å². The molecule has 1 aromatic rings. The lowest BCUT2D eigenvalue weighted by Crippen LogP contribution is -2.24. The highest BCUT2D eigenvalue weighted by Crippen LogP contribution is 2.32. The molecule has 1 saturated heterocycles. The lowest BCUT2D eigenvalue weighted by Gasteiger charge is -2.17. The van der Waals surface area contributed by atoms with Gasteiger partial charge in [0.05, 0.1) is 0 Å². The first kappa shape index (κ1) is 9.69. The number of benzene rings is 1. The molecule has 76 valence electrons. The van der Waals surface area contributed by atoms with E-state index >= 15 is 0 Å². The van der Waals surface area contributed by atoms with Crippen molar-refractivity contribution in [1.82, 2.24) is 5.06 Å². The molecule has 0 N–H and O–H groups in total. The van der Waals surface area contributed by atoms with E-state index in [0.29, 0.717) is 6.04 Å². The van der Waals surface area contributed by atoms with Crippen LogP contribution in [-0.2, 0) is 4.84 Å². The van der Waals surface area contributed by atoms with Gasteiger partial charge in [0.2, 0.25) is 0 Å². The zero-order valence-electron chi connectivity index (χ0n) is 8.81. The second-order valence-corrected chi connectivity index (χ2v) is 3.82. The minimum Gasteiger partial charge on any atom is -0.291 e. The van der Waals surface area contributed by atoms with Crippen molar-refractivity contribution in [3.05, 3.63) is 35.9 Å². The number of hydroxylamine groups is 2. The highest BCUT2D eigenvalue weighted by atomic mass is 16.7. The Kier molecular flexibility index (Phi) is 2.85. The molecule has 2 heteroatoms. The summed E-state index contributed by atoms with van der Waals surface area (Å²) < 4.78 is 0. The lowest BCUT2D eigenvalue weighted by atomic mass is 10.0. The molecule has 0 saturated carbocycles. The molecule has 2 atom stereocenters. The maximum Gasteiger partial charge on any atom is 0.106 e. The van der Waals surface area contributed by atoms with Gasteiger partial charge in [-0.05, 0) is 18.9 Å². The summed E-state index contributed by atoms with van der Waals surface area (Å²) >= 11 is 0. The summed E-state index contributed by atoms with van der Waals surface area (Å²) in [6, 6.07) is 11.0. The third-order valence-electron chi connectivity index (χ3n) is 2.79.